The van der Waals surface area contributed by atoms with Crippen molar-refractivity contribution in [1.82, 2.24) is 0 Å². The Labute approximate surface area is 201 Å². The Bertz CT molecular complexity index is 1350. The summed E-state index contributed by atoms with van der Waals surface area (Å²) < 4.78 is 78.9. The monoisotopic (exact) mass is 505 g/mol. The lowest BCUT2D eigenvalue weighted by molar-refractivity contribution is -0.289. The van der Waals surface area contributed by atoms with E-state index in [2.05, 4.69) is 10.6 Å². The predicted octanol–water partition coefficient (Wildman–Crippen LogP) is 6.47. The molecule has 36 heavy (non-hydrogen) atoms. The number of hydrogen-bond acceptors (Lipinski definition) is 3. The van der Waals surface area contributed by atoms with Crippen LogP contribution in [0, 0.1) is 31.0 Å². The Morgan fingerprint density at radius 1 is 0.833 bits per heavy atom. The zero-order valence-electron chi connectivity index (χ0n) is 18.7. The molecule has 11 heteroatoms. The standard InChI is InChI=1S/C25H17F6N3O2/c1-13-9-17(24(27,28)25(29,30)31)10-14(2)21(13)23(36)33-19-8-5-16(12-32)20(11-19)34-22(35)15-3-6-18(26)7-4-15/h3-11H,1-2H3,(H,33,36)(H,34,35). The summed E-state index contributed by atoms with van der Waals surface area (Å²) >= 11 is 0. The molecule has 2 amide bonds. The van der Waals surface area contributed by atoms with Crippen molar-refractivity contribution in [1.29, 1.82) is 5.26 Å². The van der Waals surface area contributed by atoms with E-state index in [-0.39, 0.29) is 39.2 Å². The second-order valence-corrected chi connectivity index (χ2v) is 7.84. The van der Waals surface area contributed by atoms with Gasteiger partial charge < -0.3 is 10.6 Å². The van der Waals surface area contributed by atoms with Crippen LogP contribution in [0.3, 0.4) is 0 Å². The molecule has 2 N–H and O–H groups in total. The second-order valence-electron chi connectivity index (χ2n) is 7.84. The van der Waals surface area contributed by atoms with E-state index in [9.17, 15) is 41.2 Å². The van der Waals surface area contributed by atoms with Gasteiger partial charge >= 0.3 is 12.1 Å². The number of halogens is 6. The van der Waals surface area contributed by atoms with Crippen molar-refractivity contribution in [2.24, 2.45) is 0 Å². The van der Waals surface area contributed by atoms with E-state index in [1.807, 2.05) is 6.07 Å². The van der Waals surface area contributed by atoms with Gasteiger partial charge in [-0.1, -0.05) is 0 Å². The Hall–Kier alpha value is -4.33. The van der Waals surface area contributed by atoms with Gasteiger partial charge in [-0.05, 0) is 79.6 Å². The molecule has 3 aromatic rings. The molecule has 0 bridgehead atoms. The lowest BCUT2D eigenvalue weighted by Crippen LogP contribution is -2.34. The molecule has 0 radical (unpaired) electrons. The molecule has 0 saturated carbocycles. The third-order valence-corrected chi connectivity index (χ3v) is 5.23. The number of benzene rings is 3. The second kappa shape index (κ2) is 9.73. The maximum atomic E-state index is 13.8. The van der Waals surface area contributed by atoms with Gasteiger partial charge in [0.2, 0.25) is 0 Å². The molecule has 186 valence electrons. The number of carbonyl (C=O) groups is 2. The third-order valence-electron chi connectivity index (χ3n) is 5.23. The third kappa shape index (κ3) is 5.33. The van der Waals surface area contributed by atoms with Crippen LogP contribution >= 0.6 is 0 Å². The minimum atomic E-state index is -5.80. The lowest BCUT2D eigenvalue weighted by Gasteiger charge is -2.22. The highest BCUT2D eigenvalue weighted by molar-refractivity contribution is 6.08. The van der Waals surface area contributed by atoms with Crippen LogP contribution in [-0.4, -0.2) is 18.0 Å². The van der Waals surface area contributed by atoms with E-state index in [1.54, 1.807) is 0 Å². The van der Waals surface area contributed by atoms with Gasteiger partial charge in [-0.15, -0.1) is 0 Å². The van der Waals surface area contributed by atoms with E-state index in [0.717, 1.165) is 12.1 Å². The Morgan fingerprint density at radius 2 is 1.42 bits per heavy atom. The Kier molecular flexibility index (Phi) is 7.10. The number of alkyl halides is 5. The fourth-order valence-electron chi connectivity index (χ4n) is 3.48. The van der Waals surface area contributed by atoms with Crippen LogP contribution in [0.15, 0.2) is 54.6 Å². The molecule has 5 nitrogen and oxygen atoms in total. The van der Waals surface area contributed by atoms with Gasteiger partial charge in [0.25, 0.3) is 11.8 Å². The molecule has 0 spiro atoms. The highest BCUT2D eigenvalue weighted by Gasteiger charge is 2.58. The maximum absolute atomic E-state index is 13.8. The Morgan fingerprint density at radius 3 is 1.94 bits per heavy atom. The fraction of sp³-hybridized carbons (Fsp3) is 0.160. The summed E-state index contributed by atoms with van der Waals surface area (Å²) in [6, 6.07) is 11.6. The number of rotatable bonds is 5. The SMILES string of the molecule is Cc1cc(C(F)(F)C(F)(F)F)cc(C)c1C(=O)Nc1ccc(C#N)c(NC(=O)c2ccc(F)cc2)c1. The van der Waals surface area contributed by atoms with E-state index in [4.69, 9.17) is 0 Å². The minimum absolute atomic E-state index is 0.0261. The number of nitrogens with one attached hydrogen (secondary N) is 2. The molecule has 0 unspecified atom stereocenters. The van der Waals surface area contributed by atoms with Crippen molar-refractivity contribution < 1.29 is 35.9 Å². The van der Waals surface area contributed by atoms with E-state index in [0.29, 0.717) is 12.1 Å². The molecular weight excluding hydrogens is 488 g/mol. The topological polar surface area (TPSA) is 82.0 Å². The van der Waals surface area contributed by atoms with Gasteiger partial charge in [-0.25, -0.2) is 4.39 Å². The zero-order chi connectivity index (χ0) is 26.8. The number of carbonyl (C=O) groups excluding carboxylic acids is 2. The van der Waals surface area contributed by atoms with Gasteiger partial charge in [0.15, 0.2) is 0 Å². The molecule has 0 aromatic heterocycles. The molecule has 3 aromatic carbocycles. The maximum Gasteiger partial charge on any atom is 0.458 e. The predicted molar refractivity (Wildman–Crippen MR) is 119 cm³/mol. The highest BCUT2D eigenvalue weighted by atomic mass is 19.4. The summed E-state index contributed by atoms with van der Waals surface area (Å²) in [6.07, 6.45) is -5.80. The van der Waals surface area contributed by atoms with E-state index in [1.165, 1.54) is 44.2 Å². The molecular formula is C25H17F6N3O2. The van der Waals surface area contributed by atoms with Crippen LogP contribution < -0.4 is 10.6 Å². The fourth-order valence-corrected chi connectivity index (χ4v) is 3.48. The quantitative estimate of drug-likeness (QED) is 0.390. The lowest BCUT2D eigenvalue weighted by atomic mass is 9.95. The zero-order valence-corrected chi connectivity index (χ0v) is 18.7. The van der Waals surface area contributed by atoms with Crippen molar-refractivity contribution in [2.75, 3.05) is 10.6 Å². The normalized spacial score (nSPS) is 11.5. The molecule has 0 fully saturated rings. The molecule has 0 atom stereocenters. The number of amides is 2. The first-order chi connectivity index (χ1) is 16.7. The summed E-state index contributed by atoms with van der Waals surface area (Å²) in [6.45, 7) is 2.45. The largest absolute Gasteiger partial charge is 0.458 e. The van der Waals surface area contributed by atoms with Crippen LogP contribution in [0.1, 0.15) is 43.0 Å². The van der Waals surface area contributed by atoms with E-state index >= 15 is 0 Å². The van der Waals surface area contributed by atoms with Crippen LogP contribution in [0.4, 0.5) is 37.7 Å². The molecule has 0 saturated heterocycles. The summed E-state index contributed by atoms with van der Waals surface area (Å²) in [5.41, 5.74) is -1.32. The van der Waals surface area contributed by atoms with Crippen LogP contribution in [0.25, 0.3) is 0 Å². The van der Waals surface area contributed by atoms with Crippen molar-refractivity contribution in [3.05, 3.63) is 93.8 Å². The first-order valence-corrected chi connectivity index (χ1v) is 10.2. The molecule has 3 rings (SSSR count). The first-order valence-electron chi connectivity index (χ1n) is 10.2. The smallest absolute Gasteiger partial charge is 0.322 e. The van der Waals surface area contributed by atoms with Crippen molar-refractivity contribution in [3.63, 3.8) is 0 Å². The summed E-state index contributed by atoms with van der Waals surface area (Å²) in [7, 11) is 0. The molecule has 0 heterocycles. The number of anilines is 2. The van der Waals surface area contributed by atoms with Gasteiger partial charge in [0.05, 0.1) is 11.3 Å². The Balaban J connectivity index is 1.88. The van der Waals surface area contributed by atoms with Crippen LogP contribution in [-0.2, 0) is 5.92 Å². The first kappa shape index (κ1) is 26.3. The van der Waals surface area contributed by atoms with Gasteiger partial charge in [-0.3, -0.25) is 9.59 Å². The van der Waals surface area contributed by atoms with Crippen LogP contribution in [0.5, 0.6) is 0 Å². The van der Waals surface area contributed by atoms with Gasteiger partial charge in [-0.2, -0.15) is 27.2 Å². The summed E-state index contributed by atoms with van der Waals surface area (Å²) in [5, 5.41) is 14.3. The number of nitriles is 1. The van der Waals surface area contributed by atoms with Crippen molar-refractivity contribution >= 4 is 23.2 Å². The number of aryl methyl sites for hydroxylation is 2. The highest BCUT2D eigenvalue weighted by Crippen LogP contribution is 2.44. The molecule has 0 aliphatic carbocycles. The van der Waals surface area contributed by atoms with Crippen LogP contribution in [0.2, 0.25) is 0 Å². The van der Waals surface area contributed by atoms with Crippen molar-refractivity contribution in [2.45, 2.75) is 25.9 Å². The average Bonchev–Trinajstić information content (AvgIpc) is 2.78. The summed E-state index contributed by atoms with van der Waals surface area (Å²) in [4.78, 5) is 25.3. The molecule has 0 aliphatic heterocycles. The van der Waals surface area contributed by atoms with Gasteiger partial charge in [0, 0.05) is 22.4 Å². The minimum Gasteiger partial charge on any atom is -0.322 e. The molecule has 0 aliphatic rings. The number of hydrogen-bond donors (Lipinski definition) is 2. The number of nitrogens with zero attached hydrogens (tertiary/aromatic N) is 1. The van der Waals surface area contributed by atoms with Crippen molar-refractivity contribution in [3.8, 4) is 6.07 Å². The average molecular weight is 505 g/mol. The summed E-state index contributed by atoms with van der Waals surface area (Å²) in [5.74, 6) is -7.09. The van der Waals surface area contributed by atoms with E-state index < -0.39 is 35.3 Å². The van der Waals surface area contributed by atoms with Gasteiger partial charge in [0.1, 0.15) is 11.9 Å².